The second-order valence-electron chi connectivity index (χ2n) is 4.66. The van der Waals surface area contributed by atoms with Crippen LogP contribution in [-0.2, 0) is 14.3 Å². The number of hydrogen-bond donors (Lipinski definition) is 2. The fraction of sp³-hybridized carbons (Fsp3) is 0.462. The Morgan fingerprint density at radius 3 is 2.85 bits per heavy atom. The third-order valence-electron chi connectivity index (χ3n) is 2.90. The molecule has 0 aromatic carbocycles. The quantitative estimate of drug-likeness (QED) is 0.794. The summed E-state index contributed by atoms with van der Waals surface area (Å²) in [5, 5.41) is 5.71. The van der Waals surface area contributed by atoms with Gasteiger partial charge in [0.2, 0.25) is 5.91 Å². The molecule has 1 unspecified atom stereocenters. The van der Waals surface area contributed by atoms with Gasteiger partial charge in [-0.2, -0.15) is 0 Å². The minimum atomic E-state index is -0.661. The van der Waals surface area contributed by atoms with Gasteiger partial charge in [-0.25, -0.2) is 4.98 Å². The predicted molar refractivity (Wildman–Crippen MR) is 75.9 cm³/mol. The summed E-state index contributed by atoms with van der Waals surface area (Å²) in [6.45, 7) is 2.03. The summed E-state index contributed by atoms with van der Waals surface area (Å²) >= 11 is 0. The van der Waals surface area contributed by atoms with Crippen LogP contribution in [0.3, 0.4) is 0 Å². The first-order valence-corrected chi connectivity index (χ1v) is 6.42. The van der Waals surface area contributed by atoms with E-state index in [2.05, 4.69) is 15.6 Å². The van der Waals surface area contributed by atoms with Crippen LogP contribution in [0.25, 0.3) is 0 Å². The summed E-state index contributed by atoms with van der Waals surface area (Å²) < 4.78 is 4.86. The van der Waals surface area contributed by atoms with Crippen molar-refractivity contribution in [2.24, 2.45) is 0 Å². The molecule has 2 N–H and O–H groups in total. The molecule has 2 heterocycles. The highest BCUT2D eigenvalue weighted by Gasteiger charge is 2.29. The van der Waals surface area contributed by atoms with E-state index in [0.29, 0.717) is 18.1 Å². The molecule has 1 atom stereocenters. The van der Waals surface area contributed by atoms with Crippen LogP contribution in [0.4, 0.5) is 17.3 Å². The number of carbonyl (C=O) groups excluding carboxylic acids is 2. The van der Waals surface area contributed by atoms with Crippen molar-refractivity contribution in [1.82, 2.24) is 4.98 Å². The number of esters is 1. The summed E-state index contributed by atoms with van der Waals surface area (Å²) in [7, 11) is 3.76. The highest BCUT2D eigenvalue weighted by atomic mass is 16.5. The van der Waals surface area contributed by atoms with Crippen LogP contribution >= 0.6 is 0 Å². The Balaban J connectivity index is 2.15. The summed E-state index contributed by atoms with van der Waals surface area (Å²) in [6.07, 6.45) is -0.0208. The van der Waals surface area contributed by atoms with E-state index in [1.807, 2.05) is 25.1 Å². The van der Waals surface area contributed by atoms with Crippen LogP contribution < -0.4 is 15.5 Å². The molecule has 1 aromatic heterocycles. The third-order valence-corrected chi connectivity index (χ3v) is 2.90. The van der Waals surface area contributed by atoms with Gasteiger partial charge in [0.15, 0.2) is 5.82 Å². The minimum absolute atomic E-state index is 0.0208. The maximum atomic E-state index is 11.9. The average molecular weight is 278 g/mol. The fourth-order valence-corrected chi connectivity index (χ4v) is 1.89. The molecule has 1 aliphatic heterocycles. The topological polar surface area (TPSA) is 83.6 Å². The number of anilines is 3. The Kier molecular flexibility index (Phi) is 4.07. The van der Waals surface area contributed by atoms with Gasteiger partial charge in [-0.05, 0) is 19.1 Å². The summed E-state index contributed by atoms with van der Waals surface area (Å²) in [5.41, 5.74) is 0.612. The van der Waals surface area contributed by atoms with Crippen LogP contribution in [0.15, 0.2) is 12.1 Å². The Labute approximate surface area is 117 Å². The zero-order valence-corrected chi connectivity index (χ0v) is 11.8. The van der Waals surface area contributed by atoms with Gasteiger partial charge in [-0.1, -0.05) is 0 Å². The number of hydrogen-bond acceptors (Lipinski definition) is 6. The van der Waals surface area contributed by atoms with Gasteiger partial charge in [0.25, 0.3) is 0 Å². The van der Waals surface area contributed by atoms with Gasteiger partial charge >= 0.3 is 5.97 Å². The summed E-state index contributed by atoms with van der Waals surface area (Å²) in [5.74, 6) is 0.657. The number of pyridine rings is 1. The molecular formula is C13H18N4O3. The van der Waals surface area contributed by atoms with Crippen LogP contribution in [0.2, 0.25) is 0 Å². The van der Waals surface area contributed by atoms with Crippen molar-refractivity contribution in [3.05, 3.63) is 12.1 Å². The molecule has 2 rings (SSSR count). The Morgan fingerprint density at radius 1 is 1.45 bits per heavy atom. The summed E-state index contributed by atoms with van der Waals surface area (Å²) in [4.78, 5) is 29.6. The molecule has 0 aliphatic carbocycles. The van der Waals surface area contributed by atoms with Crippen molar-refractivity contribution in [3.63, 3.8) is 0 Å². The van der Waals surface area contributed by atoms with Gasteiger partial charge in [0.05, 0.1) is 18.7 Å². The van der Waals surface area contributed by atoms with Crippen molar-refractivity contribution < 1.29 is 14.3 Å². The van der Waals surface area contributed by atoms with E-state index in [-0.39, 0.29) is 12.3 Å². The molecule has 0 saturated heterocycles. The first-order chi connectivity index (χ1) is 9.51. The van der Waals surface area contributed by atoms with Crippen LogP contribution in [-0.4, -0.2) is 43.6 Å². The monoisotopic (exact) mass is 278 g/mol. The van der Waals surface area contributed by atoms with Gasteiger partial charge in [0, 0.05) is 14.1 Å². The average Bonchev–Trinajstić information content (AvgIpc) is 2.39. The van der Waals surface area contributed by atoms with Crippen molar-refractivity contribution in [1.29, 1.82) is 0 Å². The molecule has 0 fully saturated rings. The second-order valence-corrected chi connectivity index (χ2v) is 4.66. The molecule has 1 aliphatic rings. The number of nitrogens with one attached hydrogen (secondary N) is 2. The summed E-state index contributed by atoms with van der Waals surface area (Å²) in [6, 6.07) is 2.93. The van der Waals surface area contributed by atoms with E-state index in [4.69, 9.17) is 4.74 Å². The first kappa shape index (κ1) is 14.1. The normalized spacial score (nSPS) is 16.8. The van der Waals surface area contributed by atoms with E-state index in [1.54, 1.807) is 13.0 Å². The largest absolute Gasteiger partial charge is 0.466 e. The molecule has 0 bridgehead atoms. The fourth-order valence-electron chi connectivity index (χ4n) is 1.89. The molecule has 7 nitrogen and oxygen atoms in total. The van der Waals surface area contributed by atoms with Crippen molar-refractivity contribution >= 4 is 29.2 Å². The van der Waals surface area contributed by atoms with Gasteiger partial charge < -0.3 is 20.3 Å². The lowest BCUT2D eigenvalue weighted by molar-refractivity contribution is -0.144. The molecule has 0 saturated carbocycles. The molecule has 108 valence electrons. The molecule has 1 aromatic rings. The van der Waals surface area contributed by atoms with E-state index < -0.39 is 12.0 Å². The van der Waals surface area contributed by atoms with Gasteiger partial charge in [0.1, 0.15) is 11.9 Å². The first-order valence-electron chi connectivity index (χ1n) is 6.42. The van der Waals surface area contributed by atoms with E-state index in [1.165, 1.54) is 0 Å². The maximum absolute atomic E-state index is 11.9. The van der Waals surface area contributed by atoms with Gasteiger partial charge in [-0.15, -0.1) is 0 Å². The predicted octanol–water partition coefficient (Wildman–Crippen LogP) is 0.833. The Morgan fingerprint density at radius 2 is 2.20 bits per heavy atom. The molecule has 0 spiro atoms. The number of nitrogens with zero attached hydrogens (tertiary/aromatic N) is 2. The smallest absolute Gasteiger partial charge is 0.308 e. The molecular weight excluding hydrogens is 260 g/mol. The minimum Gasteiger partial charge on any atom is -0.466 e. The lowest BCUT2D eigenvalue weighted by atomic mass is 10.1. The van der Waals surface area contributed by atoms with Crippen LogP contribution in [0.5, 0.6) is 0 Å². The SMILES string of the molecule is CCOC(=O)CC1Nc2nc(N(C)C)ccc2NC1=O. The number of amides is 1. The molecule has 1 amide bonds. The molecule has 20 heavy (non-hydrogen) atoms. The maximum Gasteiger partial charge on any atom is 0.308 e. The van der Waals surface area contributed by atoms with Crippen LogP contribution in [0, 0.1) is 0 Å². The van der Waals surface area contributed by atoms with Crippen molar-refractivity contribution in [3.8, 4) is 0 Å². The molecule has 0 radical (unpaired) electrons. The highest BCUT2D eigenvalue weighted by molar-refractivity contribution is 6.03. The highest BCUT2D eigenvalue weighted by Crippen LogP contribution is 2.27. The standard InChI is InChI=1S/C13H18N4O3/c1-4-20-11(18)7-9-13(19)15-8-5-6-10(17(2)3)16-12(8)14-9/h5-6,9H,4,7H2,1-3H3,(H,14,16)(H,15,19). The van der Waals surface area contributed by atoms with Crippen molar-refractivity contribution in [2.75, 3.05) is 36.2 Å². The molecule has 7 heteroatoms. The Bertz CT molecular complexity index is 530. The van der Waals surface area contributed by atoms with E-state index in [9.17, 15) is 9.59 Å². The zero-order chi connectivity index (χ0) is 14.7. The number of fused-ring (bicyclic) bond motifs is 1. The van der Waals surface area contributed by atoms with Gasteiger partial charge in [-0.3, -0.25) is 9.59 Å². The second kappa shape index (κ2) is 5.77. The van der Waals surface area contributed by atoms with Crippen LogP contribution in [0.1, 0.15) is 13.3 Å². The Hall–Kier alpha value is -2.31. The lowest BCUT2D eigenvalue weighted by Gasteiger charge is -2.26. The third kappa shape index (κ3) is 2.98. The zero-order valence-electron chi connectivity index (χ0n) is 11.8. The number of carbonyl (C=O) groups is 2. The lowest BCUT2D eigenvalue weighted by Crippen LogP contribution is -2.41. The number of aromatic nitrogens is 1. The van der Waals surface area contributed by atoms with E-state index >= 15 is 0 Å². The number of ether oxygens (including phenoxy) is 1. The number of rotatable bonds is 4. The van der Waals surface area contributed by atoms with E-state index in [0.717, 1.165) is 5.82 Å². The van der Waals surface area contributed by atoms with Crippen molar-refractivity contribution in [2.45, 2.75) is 19.4 Å².